The van der Waals surface area contributed by atoms with Crippen molar-refractivity contribution in [3.05, 3.63) is 33.8 Å². The van der Waals surface area contributed by atoms with Crippen LogP contribution in [0.1, 0.15) is 31.2 Å². The fourth-order valence-corrected chi connectivity index (χ4v) is 4.95. The molecular formula is C19H26Cl2N2O2S. The maximum Gasteiger partial charge on any atom is 0.230 e. The number of amides is 1. The number of carbonyl (C=O) groups is 1. The van der Waals surface area contributed by atoms with E-state index in [1.807, 2.05) is 18.2 Å². The molecule has 1 N–H and O–H groups in total. The van der Waals surface area contributed by atoms with Crippen LogP contribution in [-0.4, -0.2) is 54.2 Å². The molecule has 1 amide bonds. The number of thioether (sulfide) groups is 1. The highest BCUT2D eigenvalue weighted by Crippen LogP contribution is 2.29. The van der Waals surface area contributed by atoms with E-state index in [2.05, 4.69) is 10.2 Å². The number of morpholine rings is 1. The Morgan fingerprint density at radius 2 is 2.08 bits per heavy atom. The minimum atomic E-state index is 0.0342. The zero-order chi connectivity index (χ0) is 18.4. The van der Waals surface area contributed by atoms with Gasteiger partial charge in [-0.1, -0.05) is 42.1 Å². The van der Waals surface area contributed by atoms with Gasteiger partial charge in [0.05, 0.1) is 28.5 Å². The van der Waals surface area contributed by atoms with Gasteiger partial charge in [-0.05, 0) is 30.5 Å². The molecule has 2 fully saturated rings. The molecule has 2 aliphatic rings. The molecule has 1 saturated carbocycles. The Morgan fingerprint density at radius 1 is 1.27 bits per heavy atom. The van der Waals surface area contributed by atoms with Gasteiger partial charge in [0.15, 0.2) is 0 Å². The van der Waals surface area contributed by atoms with Gasteiger partial charge in [0.25, 0.3) is 0 Å². The van der Waals surface area contributed by atoms with Crippen LogP contribution in [0.5, 0.6) is 0 Å². The molecule has 3 rings (SSSR count). The molecule has 0 bridgehead atoms. The number of rotatable bonds is 7. The lowest BCUT2D eigenvalue weighted by atomic mass is 10.2. The highest BCUT2D eigenvalue weighted by Gasteiger charge is 2.22. The normalized spacial score (nSPS) is 21.8. The summed E-state index contributed by atoms with van der Waals surface area (Å²) in [4.78, 5) is 14.4. The summed E-state index contributed by atoms with van der Waals surface area (Å²) in [6, 6.07) is 5.75. The molecule has 4 nitrogen and oxygen atoms in total. The SMILES string of the molecule is O=C(CSC1CCCC1)NCC1CN(Cc2ccc(Cl)c(Cl)c2)CCO1. The molecule has 0 aromatic heterocycles. The van der Waals surface area contributed by atoms with Gasteiger partial charge in [-0.2, -0.15) is 0 Å². The predicted octanol–water partition coefficient (Wildman–Crippen LogP) is 3.99. The van der Waals surface area contributed by atoms with Gasteiger partial charge in [-0.25, -0.2) is 0 Å². The Kier molecular flexibility index (Phi) is 7.94. The van der Waals surface area contributed by atoms with E-state index in [0.29, 0.717) is 34.2 Å². The number of carbonyl (C=O) groups excluding carboxylic acids is 1. The molecule has 1 aliphatic carbocycles. The lowest BCUT2D eigenvalue weighted by Crippen LogP contribution is -2.47. The molecule has 1 heterocycles. The number of ether oxygens (including phenoxy) is 1. The van der Waals surface area contributed by atoms with Crippen molar-refractivity contribution >= 4 is 40.9 Å². The number of hydrogen-bond acceptors (Lipinski definition) is 4. The predicted molar refractivity (Wildman–Crippen MR) is 109 cm³/mol. The van der Waals surface area contributed by atoms with Crippen molar-refractivity contribution in [3.8, 4) is 0 Å². The molecule has 26 heavy (non-hydrogen) atoms. The van der Waals surface area contributed by atoms with Gasteiger partial charge in [0.1, 0.15) is 0 Å². The van der Waals surface area contributed by atoms with E-state index in [0.717, 1.165) is 25.2 Å². The summed E-state index contributed by atoms with van der Waals surface area (Å²) < 4.78 is 5.81. The lowest BCUT2D eigenvalue weighted by Gasteiger charge is -2.33. The highest BCUT2D eigenvalue weighted by atomic mass is 35.5. The summed E-state index contributed by atoms with van der Waals surface area (Å²) in [5.74, 6) is 0.678. The minimum absolute atomic E-state index is 0.0342. The molecule has 144 valence electrons. The van der Waals surface area contributed by atoms with Gasteiger partial charge < -0.3 is 10.1 Å². The first-order valence-electron chi connectivity index (χ1n) is 9.26. The number of nitrogens with one attached hydrogen (secondary N) is 1. The van der Waals surface area contributed by atoms with Crippen molar-refractivity contribution in [2.24, 2.45) is 0 Å². The fourth-order valence-electron chi connectivity index (χ4n) is 3.47. The topological polar surface area (TPSA) is 41.6 Å². The molecule has 0 spiro atoms. The van der Waals surface area contributed by atoms with Crippen LogP contribution in [0.25, 0.3) is 0 Å². The molecule has 1 aromatic carbocycles. The largest absolute Gasteiger partial charge is 0.374 e. The lowest BCUT2D eigenvalue weighted by molar-refractivity contribution is -0.119. The van der Waals surface area contributed by atoms with Crippen molar-refractivity contribution in [1.29, 1.82) is 0 Å². The third kappa shape index (κ3) is 6.31. The second kappa shape index (κ2) is 10.2. The van der Waals surface area contributed by atoms with E-state index in [1.54, 1.807) is 11.8 Å². The first kappa shape index (κ1) is 20.3. The average Bonchev–Trinajstić information content (AvgIpc) is 3.15. The maximum absolute atomic E-state index is 12.1. The van der Waals surface area contributed by atoms with Gasteiger partial charge in [0.2, 0.25) is 5.91 Å². The summed E-state index contributed by atoms with van der Waals surface area (Å²) in [5.41, 5.74) is 1.14. The molecule has 7 heteroatoms. The van der Waals surface area contributed by atoms with E-state index in [1.165, 1.54) is 25.7 Å². The second-order valence-corrected chi connectivity index (χ2v) is 9.10. The number of nitrogens with zero attached hydrogens (tertiary/aromatic N) is 1. The summed E-state index contributed by atoms with van der Waals surface area (Å²) in [7, 11) is 0. The van der Waals surface area contributed by atoms with Gasteiger partial charge >= 0.3 is 0 Å². The van der Waals surface area contributed by atoms with Crippen LogP contribution >= 0.6 is 35.0 Å². The van der Waals surface area contributed by atoms with Crippen molar-refractivity contribution in [3.63, 3.8) is 0 Å². The average molecular weight is 417 g/mol. The highest BCUT2D eigenvalue weighted by molar-refractivity contribution is 8.00. The smallest absolute Gasteiger partial charge is 0.230 e. The zero-order valence-corrected chi connectivity index (χ0v) is 17.2. The van der Waals surface area contributed by atoms with E-state index < -0.39 is 0 Å². The second-order valence-electron chi connectivity index (χ2n) is 7.00. The van der Waals surface area contributed by atoms with Crippen LogP contribution < -0.4 is 5.32 Å². The van der Waals surface area contributed by atoms with Gasteiger partial charge in [-0.3, -0.25) is 9.69 Å². The summed E-state index contributed by atoms with van der Waals surface area (Å²) in [6.45, 7) is 3.74. The van der Waals surface area contributed by atoms with E-state index >= 15 is 0 Å². The molecule has 0 radical (unpaired) electrons. The standard InChI is InChI=1S/C19H26Cl2N2O2S/c20-17-6-5-14(9-18(17)21)11-23-7-8-25-15(12-23)10-22-19(24)13-26-16-3-1-2-4-16/h5-6,9,15-16H,1-4,7-8,10-13H2,(H,22,24). The minimum Gasteiger partial charge on any atom is -0.374 e. The first-order chi connectivity index (χ1) is 12.6. The number of hydrogen-bond donors (Lipinski definition) is 1. The molecule has 1 saturated heterocycles. The summed E-state index contributed by atoms with van der Waals surface area (Å²) in [6.07, 6.45) is 5.17. The van der Waals surface area contributed by atoms with Crippen LogP contribution in [0, 0.1) is 0 Å². The Morgan fingerprint density at radius 3 is 2.85 bits per heavy atom. The number of benzene rings is 1. The van der Waals surface area contributed by atoms with E-state index in [-0.39, 0.29) is 12.0 Å². The summed E-state index contributed by atoms with van der Waals surface area (Å²) >= 11 is 13.9. The Hall–Kier alpha value is -0.460. The first-order valence-corrected chi connectivity index (χ1v) is 11.1. The fraction of sp³-hybridized carbons (Fsp3) is 0.632. The van der Waals surface area contributed by atoms with Crippen LogP contribution in [0.2, 0.25) is 10.0 Å². The van der Waals surface area contributed by atoms with Crippen LogP contribution in [-0.2, 0) is 16.1 Å². The summed E-state index contributed by atoms with van der Waals surface area (Å²) in [5, 5.41) is 4.86. The molecule has 1 aromatic rings. The van der Waals surface area contributed by atoms with Gasteiger partial charge in [0, 0.05) is 31.4 Å². The van der Waals surface area contributed by atoms with Gasteiger partial charge in [-0.15, -0.1) is 11.8 Å². The Labute approximate surface area is 169 Å². The number of halogens is 2. The molecule has 1 aliphatic heterocycles. The Balaban J connectivity index is 1.38. The monoisotopic (exact) mass is 416 g/mol. The third-order valence-corrected chi connectivity index (χ3v) is 7.00. The van der Waals surface area contributed by atoms with E-state index in [4.69, 9.17) is 27.9 Å². The van der Waals surface area contributed by atoms with E-state index in [9.17, 15) is 4.79 Å². The van der Waals surface area contributed by atoms with Crippen LogP contribution in [0.3, 0.4) is 0 Å². The molecule has 1 unspecified atom stereocenters. The van der Waals surface area contributed by atoms with Crippen LogP contribution in [0.4, 0.5) is 0 Å². The third-order valence-electron chi connectivity index (χ3n) is 4.89. The van der Waals surface area contributed by atoms with Crippen molar-refractivity contribution in [2.75, 3.05) is 32.0 Å². The van der Waals surface area contributed by atoms with Crippen molar-refractivity contribution < 1.29 is 9.53 Å². The zero-order valence-electron chi connectivity index (χ0n) is 14.9. The maximum atomic E-state index is 12.1. The molecule has 1 atom stereocenters. The Bertz CT molecular complexity index is 611. The quantitative estimate of drug-likeness (QED) is 0.729. The molecular weight excluding hydrogens is 391 g/mol. The van der Waals surface area contributed by atoms with Crippen molar-refractivity contribution in [1.82, 2.24) is 10.2 Å². The van der Waals surface area contributed by atoms with Crippen molar-refractivity contribution in [2.45, 2.75) is 43.6 Å². The van der Waals surface area contributed by atoms with Crippen LogP contribution in [0.15, 0.2) is 18.2 Å².